The molecule has 0 bridgehead atoms. The van der Waals surface area contributed by atoms with E-state index in [1.807, 2.05) is 6.20 Å². The van der Waals surface area contributed by atoms with E-state index in [1.54, 1.807) is 0 Å². The Bertz CT molecular complexity index is 430. The minimum Gasteiger partial charge on any atom is -0.316 e. The lowest BCUT2D eigenvalue weighted by Crippen LogP contribution is -2.27. The number of hydrogen-bond acceptors (Lipinski definition) is 3. The van der Waals surface area contributed by atoms with Crippen LogP contribution in [0.25, 0.3) is 0 Å². The maximum absolute atomic E-state index is 4.59. The first-order valence-corrected chi connectivity index (χ1v) is 8.99. The van der Waals surface area contributed by atoms with Gasteiger partial charge in [-0.25, -0.2) is 0 Å². The summed E-state index contributed by atoms with van der Waals surface area (Å²) in [4.78, 5) is 2.22. The van der Waals surface area contributed by atoms with Crippen molar-refractivity contribution < 1.29 is 0 Å². The molecule has 1 saturated carbocycles. The number of halogens is 1. The molecule has 0 amide bonds. The molecule has 21 heavy (non-hydrogen) atoms. The molecule has 1 N–H and O–H groups in total. The van der Waals surface area contributed by atoms with Crippen molar-refractivity contribution in [3.8, 4) is 0 Å². The third-order valence-electron chi connectivity index (χ3n) is 4.44. The van der Waals surface area contributed by atoms with E-state index in [0.29, 0.717) is 5.92 Å². The number of nitrogens with zero attached hydrogens (tertiary/aromatic N) is 3. The molecular weight excluding hydrogens is 328 g/mol. The molecule has 1 aromatic heterocycles. The van der Waals surface area contributed by atoms with Gasteiger partial charge in [0.2, 0.25) is 0 Å². The minimum atomic E-state index is 0.647. The van der Waals surface area contributed by atoms with E-state index in [-0.39, 0.29) is 0 Å². The smallest absolute Gasteiger partial charge is 0.0635 e. The molecule has 0 spiro atoms. The molecule has 1 fully saturated rings. The van der Waals surface area contributed by atoms with Crippen molar-refractivity contribution in [2.45, 2.75) is 45.1 Å². The maximum atomic E-state index is 4.59. The summed E-state index contributed by atoms with van der Waals surface area (Å²) in [5, 5.41) is 8.19. The van der Waals surface area contributed by atoms with Crippen molar-refractivity contribution >= 4 is 15.9 Å². The number of hydrogen-bond donors (Lipinski definition) is 1. The molecule has 0 aliphatic heterocycles. The van der Waals surface area contributed by atoms with Crippen LogP contribution in [0.15, 0.2) is 10.7 Å². The van der Waals surface area contributed by atoms with E-state index in [9.17, 15) is 0 Å². The van der Waals surface area contributed by atoms with Gasteiger partial charge in [0.25, 0.3) is 0 Å². The molecule has 0 radical (unpaired) electrons. The maximum Gasteiger partial charge on any atom is 0.0635 e. The molecule has 4 nitrogen and oxygen atoms in total. The van der Waals surface area contributed by atoms with Crippen LogP contribution < -0.4 is 5.32 Å². The first-order valence-electron chi connectivity index (χ1n) is 8.20. The van der Waals surface area contributed by atoms with Gasteiger partial charge in [0.1, 0.15) is 0 Å². The Hall–Kier alpha value is -0.390. The molecular formula is C16H29BrN4. The first-order chi connectivity index (χ1) is 10.1. The highest BCUT2D eigenvalue weighted by Crippen LogP contribution is 2.41. The average Bonchev–Trinajstić information content (AvgIpc) is 3.03. The zero-order valence-electron chi connectivity index (χ0n) is 13.6. The summed E-state index contributed by atoms with van der Waals surface area (Å²) in [6, 6.07) is 0. The van der Waals surface area contributed by atoms with Crippen molar-refractivity contribution in [2.75, 3.05) is 33.7 Å². The van der Waals surface area contributed by atoms with Crippen molar-refractivity contribution in [2.24, 2.45) is 5.92 Å². The fourth-order valence-corrected chi connectivity index (χ4v) is 3.91. The highest BCUT2D eigenvalue weighted by atomic mass is 79.9. The standard InChI is InChI=1S/C16H29BrN4/c1-4-8-18-11-13-6-5-7-14(13)16-15(17)12-19-21(16)10-9-20(2)3/h12-14,18H,4-11H2,1-3H3. The lowest BCUT2D eigenvalue weighted by atomic mass is 9.92. The van der Waals surface area contributed by atoms with Gasteiger partial charge in [-0.1, -0.05) is 13.3 Å². The summed E-state index contributed by atoms with van der Waals surface area (Å²) in [7, 11) is 4.23. The molecule has 1 aliphatic carbocycles. The van der Waals surface area contributed by atoms with Gasteiger partial charge < -0.3 is 10.2 Å². The quantitative estimate of drug-likeness (QED) is 0.726. The van der Waals surface area contributed by atoms with E-state index in [4.69, 9.17) is 0 Å². The lowest BCUT2D eigenvalue weighted by Gasteiger charge is -2.22. The number of aromatic nitrogens is 2. The van der Waals surface area contributed by atoms with Crippen LogP contribution in [0.4, 0.5) is 0 Å². The number of likely N-dealkylation sites (N-methyl/N-ethyl adjacent to an activating group) is 1. The summed E-state index contributed by atoms with van der Waals surface area (Å²) < 4.78 is 3.40. The predicted octanol–water partition coefficient (Wildman–Crippen LogP) is 3.09. The third kappa shape index (κ3) is 4.54. The highest BCUT2D eigenvalue weighted by Gasteiger charge is 2.32. The molecule has 1 aliphatic rings. The average molecular weight is 357 g/mol. The SMILES string of the molecule is CCCNCC1CCCC1c1c(Br)cnn1CCN(C)C. The van der Waals surface area contributed by atoms with E-state index in [0.717, 1.165) is 32.1 Å². The van der Waals surface area contributed by atoms with E-state index < -0.39 is 0 Å². The number of rotatable bonds is 8. The summed E-state index contributed by atoms with van der Waals surface area (Å²) in [5.74, 6) is 1.40. The van der Waals surface area contributed by atoms with Gasteiger partial charge in [-0.05, 0) is 68.3 Å². The van der Waals surface area contributed by atoms with Crippen LogP contribution in [-0.4, -0.2) is 48.4 Å². The predicted molar refractivity (Wildman–Crippen MR) is 91.7 cm³/mol. The molecule has 120 valence electrons. The molecule has 2 unspecified atom stereocenters. The Morgan fingerprint density at radius 2 is 2.24 bits per heavy atom. The highest BCUT2D eigenvalue weighted by molar-refractivity contribution is 9.10. The summed E-state index contributed by atoms with van der Waals surface area (Å²) >= 11 is 3.73. The number of nitrogens with one attached hydrogen (secondary N) is 1. The summed E-state index contributed by atoms with van der Waals surface area (Å²) in [6.45, 7) is 6.51. The van der Waals surface area contributed by atoms with Crippen LogP contribution in [0.5, 0.6) is 0 Å². The second-order valence-corrected chi connectivity index (χ2v) is 7.26. The van der Waals surface area contributed by atoms with Gasteiger partial charge in [0, 0.05) is 12.5 Å². The van der Waals surface area contributed by atoms with Gasteiger partial charge >= 0.3 is 0 Å². The zero-order valence-corrected chi connectivity index (χ0v) is 15.2. The lowest BCUT2D eigenvalue weighted by molar-refractivity contribution is 0.357. The van der Waals surface area contributed by atoms with Crippen LogP contribution in [0.2, 0.25) is 0 Å². The van der Waals surface area contributed by atoms with Crippen molar-refractivity contribution in [3.05, 3.63) is 16.4 Å². The summed E-state index contributed by atoms with van der Waals surface area (Å²) in [6.07, 6.45) is 7.16. The van der Waals surface area contributed by atoms with Crippen molar-refractivity contribution in [1.29, 1.82) is 0 Å². The monoisotopic (exact) mass is 356 g/mol. The topological polar surface area (TPSA) is 33.1 Å². The van der Waals surface area contributed by atoms with Crippen LogP contribution in [0.3, 0.4) is 0 Å². The fourth-order valence-electron chi connectivity index (χ4n) is 3.32. The normalized spacial score (nSPS) is 22.3. The van der Waals surface area contributed by atoms with Crippen molar-refractivity contribution in [1.82, 2.24) is 20.0 Å². The van der Waals surface area contributed by atoms with E-state index in [2.05, 4.69) is 56.9 Å². The Balaban J connectivity index is 2.06. The second kappa shape index (κ2) is 8.30. The second-order valence-electron chi connectivity index (χ2n) is 6.41. The Morgan fingerprint density at radius 3 is 2.95 bits per heavy atom. The Morgan fingerprint density at radius 1 is 1.43 bits per heavy atom. The summed E-state index contributed by atoms with van der Waals surface area (Å²) in [5.41, 5.74) is 1.41. The first kappa shape index (κ1) is 17.0. The molecule has 1 heterocycles. The van der Waals surface area contributed by atoms with Gasteiger partial charge in [-0.3, -0.25) is 4.68 Å². The Labute approximate surface area is 137 Å². The van der Waals surface area contributed by atoms with Crippen LogP contribution >= 0.6 is 15.9 Å². The molecule has 0 aromatic carbocycles. The van der Waals surface area contributed by atoms with Gasteiger partial charge in [-0.2, -0.15) is 5.10 Å². The van der Waals surface area contributed by atoms with E-state index >= 15 is 0 Å². The molecule has 5 heteroatoms. The third-order valence-corrected chi connectivity index (χ3v) is 5.05. The molecule has 2 rings (SSSR count). The molecule has 1 aromatic rings. The fraction of sp³-hybridized carbons (Fsp3) is 0.812. The zero-order chi connectivity index (χ0) is 15.2. The van der Waals surface area contributed by atoms with Crippen LogP contribution in [0, 0.1) is 5.92 Å². The van der Waals surface area contributed by atoms with Crippen molar-refractivity contribution in [3.63, 3.8) is 0 Å². The minimum absolute atomic E-state index is 0.647. The van der Waals surface area contributed by atoms with Gasteiger partial charge in [0.05, 0.1) is 22.9 Å². The van der Waals surface area contributed by atoms with Gasteiger partial charge in [0.15, 0.2) is 0 Å². The molecule has 2 atom stereocenters. The molecule has 0 saturated heterocycles. The van der Waals surface area contributed by atoms with E-state index in [1.165, 1.54) is 35.8 Å². The van der Waals surface area contributed by atoms with Crippen LogP contribution in [0.1, 0.15) is 44.2 Å². The largest absolute Gasteiger partial charge is 0.316 e. The van der Waals surface area contributed by atoms with Gasteiger partial charge in [-0.15, -0.1) is 0 Å². The van der Waals surface area contributed by atoms with Crippen LogP contribution in [-0.2, 0) is 6.54 Å². The Kier molecular flexibility index (Phi) is 6.71.